The highest BCUT2D eigenvalue weighted by Crippen LogP contribution is 2.38. The standard InChI is InChI=1S/C21H26N2O6S/c1-6-23-16-9-7-14(11-18(16)29-13-21(2,3)20(23)24)22-30(25,26)15-8-10-17(27-4)19(12-15)28-5/h7-12,22H,6,13H2,1-5H3. The highest BCUT2D eigenvalue weighted by atomic mass is 32.2. The van der Waals surface area contributed by atoms with E-state index >= 15 is 0 Å². The number of carbonyl (C=O) groups is 1. The fourth-order valence-corrected chi connectivity index (χ4v) is 4.29. The molecule has 1 amide bonds. The number of methoxy groups -OCH3 is 2. The van der Waals surface area contributed by atoms with Crippen molar-refractivity contribution < 1.29 is 27.4 Å². The van der Waals surface area contributed by atoms with E-state index < -0.39 is 15.4 Å². The number of hydrogen-bond donors (Lipinski definition) is 1. The van der Waals surface area contributed by atoms with E-state index in [1.807, 2.05) is 20.8 Å². The van der Waals surface area contributed by atoms with E-state index in [9.17, 15) is 13.2 Å². The molecule has 0 atom stereocenters. The van der Waals surface area contributed by atoms with Crippen LogP contribution in [0.1, 0.15) is 20.8 Å². The zero-order chi connectivity index (χ0) is 22.1. The van der Waals surface area contributed by atoms with Crippen molar-refractivity contribution in [1.82, 2.24) is 0 Å². The van der Waals surface area contributed by atoms with Gasteiger partial charge in [-0.15, -0.1) is 0 Å². The Bertz CT molecular complexity index is 1070. The summed E-state index contributed by atoms with van der Waals surface area (Å²) < 4.78 is 44.5. The summed E-state index contributed by atoms with van der Waals surface area (Å²) in [5, 5.41) is 0. The minimum absolute atomic E-state index is 0.0301. The van der Waals surface area contributed by atoms with Gasteiger partial charge in [0.25, 0.3) is 10.0 Å². The molecule has 0 aromatic heterocycles. The van der Waals surface area contributed by atoms with Crippen LogP contribution in [0, 0.1) is 5.41 Å². The lowest BCUT2D eigenvalue weighted by atomic mass is 9.93. The molecule has 1 aliphatic heterocycles. The zero-order valence-electron chi connectivity index (χ0n) is 17.7. The summed E-state index contributed by atoms with van der Waals surface area (Å²) in [6.45, 7) is 6.21. The first-order chi connectivity index (χ1) is 14.1. The molecule has 2 aromatic carbocycles. The van der Waals surface area contributed by atoms with Crippen molar-refractivity contribution >= 4 is 27.3 Å². The third kappa shape index (κ3) is 4.02. The number of nitrogens with zero attached hydrogens (tertiary/aromatic N) is 1. The van der Waals surface area contributed by atoms with Crippen LogP contribution in [0.4, 0.5) is 11.4 Å². The zero-order valence-corrected chi connectivity index (χ0v) is 18.5. The average molecular weight is 435 g/mol. The predicted molar refractivity (Wildman–Crippen MR) is 114 cm³/mol. The monoisotopic (exact) mass is 434 g/mol. The van der Waals surface area contributed by atoms with E-state index in [2.05, 4.69) is 4.72 Å². The predicted octanol–water partition coefficient (Wildman–Crippen LogP) is 3.28. The van der Waals surface area contributed by atoms with Crippen LogP contribution in [0.15, 0.2) is 41.3 Å². The summed E-state index contributed by atoms with van der Waals surface area (Å²) in [5.74, 6) is 1.15. The molecule has 1 N–H and O–H groups in total. The van der Waals surface area contributed by atoms with E-state index in [1.165, 1.54) is 32.4 Å². The third-order valence-corrected chi connectivity index (χ3v) is 6.28. The van der Waals surface area contributed by atoms with Crippen molar-refractivity contribution in [2.24, 2.45) is 5.41 Å². The molecule has 0 saturated heterocycles. The van der Waals surface area contributed by atoms with E-state index in [-0.39, 0.29) is 17.4 Å². The van der Waals surface area contributed by atoms with Crippen LogP contribution in [-0.2, 0) is 14.8 Å². The van der Waals surface area contributed by atoms with E-state index in [0.717, 1.165) is 0 Å². The lowest BCUT2D eigenvalue weighted by Crippen LogP contribution is -2.42. The van der Waals surface area contributed by atoms with Crippen molar-refractivity contribution in [3.05, 3.63) is 36.4 Å². The number of carbonyl (C=O) groups excluding carboxylic acids is 1. The number of fused-ring (bicyclic) bond motifs is 1. The summed E-state index contributed by atoms with van der Waals surface area (Å²) in [5.41, 5.74) is 0.253. The minimum atomic E-state index is -3.88. The van der Waals surface area contributed by atoms with Crippen molar-refractivity contribution in [2.75, 3.05) is 37.0 Å². The maximum absolute atomic E-state index is 12.9. The second-order valence-corrected chi connectivity index (χ2v) is 9.21. The van der Waals surface area contributed by atoms with E-state index in [4.69, 9.17) is 14.2 Å². The van der Waals surface area contributed by atoms with Gasteiger partial charge < -0.3 is 19.1 Å². The second kappa shape index (κ2) is 8.06. The molecule has 0 bridgehead atoms. The molecular formula is C21H26N2O6S. The van der Waals surface area contributed by atoms with Gasteiger partial charge in [0.05, 0.1) is 35.9 Å². The number of amides is 1. The lowest BCUT2D eigenvalue weighted by molar-refractivity contribution is -0.127. The Morgan fingerprint density at radius 2 is 1.80 bits per heavy atom. The first-order valence-electron chi connectivity index (χ1n) is 9.46. The molecule has 0 saturated carbocycles. The van der Waals surface area contributed by atoms with Gasteiger partial charge in [0.15, 0.2) is 11.5 Å². The normalized spacial score (nSPS) is 15.6. The highest BCUT2D eigenvalue weighted by Gasteiger charge is 2.37. The number of anilines is 2. The van der Waals surface area contributed by atoms with Gasteiger partial charge in [-0.3, -0.25) is 9.52 Å². The summed E-state index contributed by atoms with van der Waals surface area (Å²) in [6.07, 6.45) is 0. The smallest absolute Gasteiger partial charge is 0.262 e. The Hall–Kier alpha value is -2.94. The SMILES string of the molecule is CCN1C(=O)C(C)(C)COc2cc(NS(=O)(=O)c3ccc(OC)c(OC)c3)ccc21. The van der Waals surface area contributed by atoms with Gasteiger partial charge in [-0.1, -0.05) is 0 Å². The van der Waals surface area contributed by atoms with Gasteiger partial charge in [-0.25, -0.2) is 8.42 Å². The first kappa shape index (κ1) is 21.8. The number of benzene rings is 2. The summed E-state index contributed by atoms with van der Waals surface area (Å²) >= 11 is 0. The maximum Gasteiger partial charge on any atom is 0.262 e. The van der Waals surface area contributed by atoms with Crippen LogP contribution in [-0.4, -0.2) is 41.7 Å². The number of rotatable bonds is 6. The molecule has 0 spiro atoms. The molecule has 30 heavy (non-hydrogen) atoms. The van der Waals surface area contributed by atoms with Crippen LogP contribution in [0.5, 0.6) is 17.2 Å². The quantitative estimate of drug-likeness (QED) is 0.750. The summed E-state index contributed by atoms with van der Waals surface area (Å²) in [4.78, 5) is 14.5. The van der Waals surface area contributed by atoms with Crippen molar-refractivity contribution in [1.29, 1.82) is 0 Å². The van der Waals surface area contributed by atoms with Gasteiger partial charge in [0.1, 0.15) is 12.4 Å². The Balaban J connectivity index is 1.94. The topological polar surface area (TPSA) is 94.2 Å². The summed E-state index contributed by atoms with van der Waals surface area (Å²) in [7, 11) is -0.965. The molecule has 8 nitrogen and oxygen atoms in total. The lowest BCUT2D eigenvalue weighted by Gasteiger charge is -2.26. The molecule has 9 heteroatoms. The van der Waals surface area contributed by atoms with Crippen LogP contribution < -0.4 is 23.8 Å². The maximum atomic E-state index is 12.9. The molecule has 0 radical (unpaired) electrons. The van der Waals surface area contributed by atoms with Crippen LogP contribution >= 0.6 is 0 Å². The van der Waals surface area contributed by atoms with Gasteiger partial charge >= 0.3 is 0 Å². The van der Waals surface area contributed by atoms with E-state index in [0.29, 0.717) is 35.2 Å². The molecular weight excluding hydrogens is 408 g/mol. The van der Waals surface area contributed by atoms with Gasteiger partial charge in [0.2, 0.25) is 5.91 Å². The van der Waals surface area contributed by atoms with Crippen LogP contribution in [0.25, 0.3) is 0 Å². The molecule has 0 fully saturated rings. The van der Waals surface area contributed by atoms with Gasteiger partial charge in [0, 0.05) is 18.7 Å². The van der Waals surface area contributed by atoms with Crippen LogP contribution in [0.3, 0.4) is 0 Å². The molecule has 1 aliphatic rings. The molecule has 1 heterocycles. The average Bonchev–Trinajstić information content (AvgIpc) is 2.81. The fraction of sp³-hybridized carbons (Fsp3) is 0.381. The molecule has 0 unspecified atom stereocenters. The Kier molecular flexibility index (Phi) is 5.85. The Labute approximate surface area is 176 Å². The molecule has 162 valence electrons. The van der Waals surface area contributed by atoms with Gasteiger partial charge in [-0.05, 0) is 45.0 Å². The number of nitrogens with one attached hydrogen (secondary N) is 1. The third-order valence-electron chi connectivity index (χ3n) is 4.90. The fourth-order valence-electron chi connectivity index (χ4n) is 3.22. The Morgan fingerprint density at radius 1 is 1.10 bits per heavy atom. The van der Waals surface area contributed by atoms with Crippen molar-refractivity contribution in [3.63, 3.8) is 0 Å². The second-order valence-electron chi connectivity index (χ2n) is 7.53. The Morgan fingerprint density at radius 3 is 2.43 bits per heavy atom. The van der Waals surface area contributed by atoms with Crippen molar-refractivity contribution in [2.45, 2.75) is 25.7 Å². The largest absolute Gasteiger partial charge is 0.493 e. The number of sulfonamides is 1. The minimum Gasteiger partial charge on any atom is -0.493 e. The number of ether oxygens (including phenoxy) is 3. The molecule has 2 aromatic rings. The van der Waals surface area contributed by atoms with E-state index in [1.54, 1.807) is 23.1 Å². The highest BCUT2D eigenvalue weighted by molar-refractivity contribution is 7.92. The molecule has 0 aliphatic carbocycles. The van der Waals surface area contributed by atoms with Crippen LogP contribution in [0.2, 0.25) is 0 Å². The van der Waals surface area contributed by atoms with Crippen molar-refractivity contribution in [3.8, 4) is 17.2 Å². The number of hydrogen-bond acceptors (Lipinski definition) is 6. The van der Waals surface area contributed by atoms with Gasteiger partial charge in [-0.2, -0.15) is 0 Å². The first-order valence-corrected chi connectivity index (χ1v) is 10.9. The summed E-state index contributed by atoms with van der Waals surface area (Å²) in [6, 6.07) is 9.23. The molecule has 3 rings (SSSR count).